The highest BCUT2D eigenvalue weighted by atomic mass is 16.7. The molecule has 0 rings (SSSR count). The summed E-state index contributed by atoms with van der Waals surface area (Å²) in [6.07, 6.45) is 12.1. The van der Waals surface area contributed by atoms with Crippen LogP contribution in [-0.4, -0.2) is 78.5 Å². The molecular weight excluding hydrogens is 444 g/mol. The van der Waals surface area contributed by atoms with E-state index < -0.39 is 12.1 Å². The van der Waals surface area contributed by atoms with Crippen molar-refractivity contribution in [1.82, 2.24) is 9.80 Å². The Morgan fingerprint density at radius 1 is 0.771 bits per heavy atom. The van der Waals surface area contributed by atoms with Crippen molar-refractivity contribution < 1.29 is 24.2 Å². The summed E-state index contributed by atoms with van der Waals surface area (Å²) in [5.74, 6) is -0.712. The quantitative estimate of drug-likeness (QED) is 0.116. The zero-order valence-corrected chi connectivity index (χ0v) is 23.6. The molecule has 0 heterocycles. The molecule has 208 valence electrons. The lowest BCUT2D eigenvalue weighted by atomic mass is 10.0. The molecule has 0 amide bonds. The number of carboxylic acid groups (broad SMARTS) is 1. The lowest BCUT2D eigenvalue weighted by molar-refractivity contribution is -0.137. The first-order valence-corrected chi connectivity index (χ1v) is 14.3. The van der Waals surface area contributed by atoms with Crippen LogP contribution in [-0.2, 0) is 14.3 Å². The molecule has 0 aromatic carbocycles. The summed E-state index contributed by atoms with van der Waals surface area (Å²) >= 11 is 0. The van der Waals surface area contributed by atoms with Crippen LogP contribution in [0.2, 0.25) is 0 Å². The van der Waals surface area contributed by atoms with E-state index in [2.05, 4.69) is 44.4 Å². The van der Waals surface area contributed by atoms with Crippen molar-refractivity contribution in [3.63, 3.8) is 0 Å². The first-order chi connectivity index (χ1) is 16.8. The Hall–Kier alpha value is -1.34. The van der Waals surface area contributed by atoms with Gasteiger partial charge in [-0.05, 0) is 59.0 Å². The van der Waals surface area contributed by atoms with Crippen LogP contribution in [0.25, 0.3) is 0 Å². The summed E-state index contributed by atoms with van der Waals surface area (Å²) in [6.45, 7) is 16.1. The first kappa shape index (κ1) is 33.7. The Morgan fingerprint density at radius 3 is 1.89 bits per heavy atom. The van der Waals surface area contributed by atoms with Crippen LogP contribution in [0.4, 0.5) is 4.79 Å². The fourth-order valence-corrected chi connectivity index (χ4v) is 4.27. The topological polar surface area (TPSA) is 79.3 Å². The van der Waals surface area contributed by atoms with Crippen LogP contribution >= 0.6 is 0 Å². The maximum atomic E-state index is 12.4. The monoisotopic (exact) mass is 500 g/mol. The number of aliphatic carboxylic acids is 1. The molecule has 7 nitrogen and oxygen atoms in total. The molecule has 7 heteroatoms. The molecule has 0 aliphatic rings. The van der Waals surface area contributed by atoms with Crippen LogP contribution in [0.5, 0.6) is 0 Å². The number of carboxylic acids is 1. The maximum absolute atomic E-state index is 12.4. The third-order valence-electron chi connectivity index (χ3n) is 6.74. The minimum Gasteiger partial charge on any atom is -0.481 e. The molecule has 0 radical (unpaired) electrons. The van der Waals surface area contributed by atoms with E-state index in [1.165, 1.54) is 19.3 Å². The van der Waals surface area contributed by atoms with Gasteiger partial charge < -0.3 is 19.5 Å². The molecule has 35 heavy (non-hydrogen) atoms. The van der Waals surface area contributed by atoms with E-state index in [0.717, 1.165) is 90.5 Å². The first-order valence-electron chi connectivity index (χ1n) is 14.3. The van der Waals surface area contributed by atoms with E-state index in [9.17, 15) is 9.59 Å². The summed E-state index contributed by atoms with van der Waals surface area (Å²) in [6, 6.07) is 0.403. The van der Waals surface area contributed by atoms with Crippen molar-refractivity contribution >= 4 is 12.1 Å². The van der Waals surface area contributed by atoms with Gasteiger partial charge in [0, 0.05) is 32.1 Å². The van der Waals surface area contributed by atoms with Gasteiger partial charge in [0.05, 0.1) is 0 Å². The van der Waals surface area contributed by atoms with Crippen molar-refractivity contribution in [2.24, 2.45) is 0 Å². The number of unbranched alkanes of at least 4 members (excludes halogenated alkanes) is 8. The summed E-state index contributed by atoms with van der Waals surface area (Å²) in [4.78, 5) is 27.7. The molecular formula is C28H56N2O5. The second kappa shape index (κ2) is 23.1. The Kier molecular flexibility index (Phi) is 22.2. The van der Waals surface area contributed by atoms with Gasteiger partial charge in [0.25, 0.3) is 0 Å². The molecule has 0 aliphatic carbocycles. The van der Waals surface area contributed by atoms with Gasteiger partial charge in [0.2, 0.25) is 0 Å². The molecule has 1 atom stereocenters. The van der Waals surface area contributed by atoms with Gasteiger partial charge in [-0.2, -0.15) is 0 Å². The van der Waals surface area contributed by atoms with E-state index in [4.69, 9.17) is 14.6 Å². The van der Waals surface area contributed by atoms with E-state index in [-0.39, 0.29) is 12.5 Å². The molecule has 0 bridgehead atoms. The fraction of sp³-hybridized carbons (Fsp3) is 0.929. The Labute approximate surface area is 215 Å². The fourth-order valence-electron chi connectivity index (χ4n) is 4.27. The van der Waals surface area contributed by atoms with Crippen molar-refractivity contribution in [2.45, 2.75) is 130 Å². The molecule has 1 N–H and O–H groups in total. The van der Waals surface area contributed by atoms with Crippen LogP contribution < -0.4 is 0 Å². The number of ether oxygens (including phenoxy) is 2. The van der Waals surface area contributed by atoms with Crippen molar-refractivity contribution in [2.75, 3.05) is 39.3 Å². The molecule has 0 aromatic heterocycles. The molecule has 0 fully saturated rings. The highest BCUT2D eigenvalue weighted by Gasteiger charge is 2.17. The van der Waals surface area contributed by atoms with Crippen molar-refractivity contribution in [3.05, 3.63) is 0 Å². The standard InChI is InChI=1S/C28H56N2O5/c1-6-9-10-15-18-26(19-16-13-11-12-14-17-20-27(31)32)35-28(33)34-24-23-30(25(4)5)22-21-29(7-2)8-3/h25-26H,6-24H2,1-5H3,(H,31,32). The highest BCUT2D eigenvalue weighted by Crippen LogP contribution is 2.17. The van der Waals surface area contributed by atoms with E-state index >= 15 is 0 Å². The van der Waals surface area contributed by atoms with Gasteiger partial charge in [-0.1, -0.05) is 65.7 Å². The molecule has 1 unspecified atom stereocenters. The Morgan fingerprint density at radius 2 is 1.34 bits per heavy atom. The third-order valence-corrected chi connectivity index (χ3v) is 6.74. The van der Waals surface area contributed by atoms with Gasteiger partial charge in [-0.3, -0.25) is 9.69 Å². The zero-order chi connectivity index (χ0) is 26.3. The highest BCUT2D eigenvalue weighted by molar-refractivity contribution is 5.66. The van der Waals surface area contributed by atoms with Crippen LogP contribution in [0.1, 0.15) is 118 Å². The second-order valence-corrected chi connectivity index (χ2v) is 9.90. The summed E-state index contributed by atoms with van der Waals surface area (Å²) in [7, 11) is 0. The third kappa shape index (κ3) is 20.5. The average Bonchev–Trinajstić information content (AvgIpc) is 2.82. The summed E-state index contributed by atoms with van der Waals surface area (Å²) < 4.78 is 11.2. The minimum absolute atomic E-state index is 0.0739. The Bertz CT molecular complexity index is 512. The van der Waals surface area contributed by atoms with E-state index in [1.807, 2.05) is 0 Å². The Balaban J connectivity index is 4.34. The number of nitrogens with zero attached hydrogens (tertiary/aromatic N) is 2. The predicted molar refractivity (Wildman–Crippen MR) is 144 cm³/mol. The summed E-state index contributed by atoms with van der Waals surface area (Å²) in [5.41, 5.74) is 0. The maximum Gasteiger partial charge on any atom is 0.508 e. The zero-order valence-electron chi connectivity index (χ0n) is 23.6. The van der Waals surface area contributed by atoms with Gasteiger partial charge in [0.1, 0.15) is 12.7 Å². The molecule has 0 spiro atoms. The lowest BCUT2D eigenvalue weighted by Crippen LogP contribution is -2.40. The van der Waals surface area contributed by atoms with E-state index in [0.29, 0.717) is 12.6 Å². The predicted octanol–water partition coefficient (Wildman–Crippen LogP) is 6.74. The minimum atomic E-state index is -0.712. The number of carbonyl (C=O) groups is 2. The largest absolute Gasteiger partial charge is 0.508 e. The number of likely N-dealkylation sites (N-methyl/N-ethyl adjacent to an activating group) is 1. The van der Waals surface area contributed by atoms with Crippen LogP contribution in [0, 0.1) is 0 Å². The molecule has 0 aliphatic heterocycles. The molecule has 0 saturated carbocycles. The molecule has 0 aromatic rings. The lowest BCUT2D eigenvalue weighted by Gasteiger charge is -2.29. The number of hydrogen-bond donors (Lipinski definition) is 1. The number of hydrogen-bond acceptors (Lipinski definition) is 6. The number of rotatable bonds is 24. The van der Waals surface area contributed by atoms with E-state index in [1.54, 1.807) is 0 Å². The smallest absolute Gasteiger partial charge is 0.481 e. The van der Waals surface area contributed by atoms with Crippen molar-refractivity contribution in [3.8, 4) is 0 Å². The number of carbonyl (C=O) groups excluding carboxylic acids is 1. The SMILES string of the molecule is CCCCCCC(CCCCCCCCC(=O)O)OC(=O)OCCN(CCN(CC)CC)C(C)C. The van der Waals surface area contributed by atoms with Crippen LogP contribution in [0.15, 0.2) is 0 Å². The average molecular weight is 501 g/mol. The second-order valence-electron chi connectivity index (χ2n) is 9.90. The van der Waals surface area contributed by atoms with Gasteiger partial charge in [0.15, 0.2) is 0 Å². The van der Waals surface area contributed by atoms with Crippen LogP contribution in [0.3, 0.4) is 0 Å². The molecule has 0 saturated heterocycles. The summed E-state index contributed by atoms with van der Waals surface area (Å²) in [5, 5.41) is 8.70. The van der Waals surface area contributed by atoms with Crippen molar-refractivity contribution in [1.29, 1.82) is 0 Å². The van der Waals surface area contributed by atoms with Gasteiger partial charge >= 0.3 is 12.1 Å². The normalized spacial score (nSPS) is 12.5. The van der Waals surface area contributed by atoms with Gasteiger partial charge in [-0.25, -0.2) is 4.79 Å². The van der Waals surface area contributed by atoms with Gasteiger partial charge in [-0.15, -0.1) is 0 Å².